The zero-order valence-corrected chi connectivity index (χ0v) is 8.91. The van der Waals surface area contributed by atoms with Gasteiger partial charge in [0.15, 0.2) is 0 Å². The molecule has 0 radical (unpaired) electrons. The Kier molecular flexibility index (Phi) is 4.90. The summed E-state index contributed by atoms with van der Waals surface area (Å²) < 4.78 is 9.98. The third kappa shape index (κ3) is 4.58. The topological polar surface area (TPSA) is 47.6 Å². The Bertz CT molecular complexity index is 180. The van der Waals surface area contributed by atoms with Crippen molar-refractivity contribution in [3.05, 3.63) is 0 Å². The molecule has 1 N–H and O–H groups in total. The quantitative estimate of drug-likeness (QED) is 0.483. The maximum Gasteiger partial charge on any atom is 0.322 e. The number of rotatable bonds is 7. The van der Waals surface area contributed by atoms with Gasteiger partial charge in [0.25, 0.3) is 0 Å². The van der Waals surface area contributed by atoms with E-state index in [0.29, 0.717) is 13.2 Å². The summed E-state index contributed by atoms with van der Waals surface area (Å²) in [5, 5.41) is 3.03. The fourth-order valence-corrected chi connectivity index (χ4v) is 1.14. The van der Waals surface area contributed by atoms with Crippen LogP contribution in [0.15, 0.2) is 0 Å². The van der Waals surface area contributed by atoms with Gasteiger partial charge in [-0.1, -0.05) is 0 Å². The van der Waals surface area contributed by atoms with E-state index in [4.69, 9.17) is 4.74 Å². The lowest BCUT2D eigenvalue weighted by atomic mass is 10.3. The lowest BCUT2D eigenvalue weighted by Crippen LogP contribution is -2.36. The number of hydrogen-bond acceptors (Lipinski definition) is 4. The molecule has 0 aliphatic heterocycles. The van der Waals surface area contributed by atoms with E-state index in [2.05, 4.69) is 10.1 Å². The molecule has 1 aliphatic carbocycles. The first-order valence-electron chi connectivity index (χ1n) is 5.13. The van der Waals surface area contributed by atoms with E-state index >= 15 is 0 Å². The fraction of sp³-hybridized carbons (Fsp3) is 0.900. The van der Waals surface area contributed by atoms with Crippen LogP contribution in [0.4, 0.5) is 0 Å². The van der Waals surface area contributed by atoms with E-state index in [-0.39, 0.29) is 12.0 Å². The van der Waals surface area contributed by atoms with Crippen LogP contribution < -0.4 is 5.32 Å². The van der Waals surface area contributed by atoms with Crippen LogP contribution in [0.2, 0.25) is 0 Å². The van der Waals surface area contributed by atoms with Gasteiger partial charge in [0.05, 0.1) is 13.7 Å². The number of methoxy groups -OCH3 is 1. The third-order valence-electron chi connectivity index (χ3n) is 2.30. The zero-order chi connectivity index (χ0) is 10.4. The summed E-state index contributed by atoms with van der Waals surface area (Å²) >= 11 is 0. The highest BCUT2D eigenvalue weighted by Gasteiger charge is 2.20. The molecule has 1 unspecified atom stereocenters. The van der Waals surface area contributed by atoms with Crippen LogP contribution in [0, 0.1) is 5.92 Å². The third-order valence-corrected chi connectivity index (χ3v) is 2.30. The molecular formula is C10H19NO3. The number of carbonyl (C=O) groups excluding carboxylic acids is 1. The largest absolute Gasteiger partial charge is 0.468 e. The molecule has 0 saturated heterocycles. The Morgan fingerprint density at radius 2 is 2.29 bits per heavy atom. The molecule has 1 fully saturated rings. The van der Waals surface area contributed by atoms with Crippen molar-refractivity contribution in [3.8, 4) is 0 Å². The highest BCUT2D eigenvalue weighted by atomic mass is 16.5. The molecule has 1 aliphatic rings. The molecule has 0 aromatic carbocycles. The van der Waals surface area contributed by atoms with Crippen molar-refractivity contribution < 1.29 is 14.3 Å². The summed E-state index contributed by atoms with van der Waals surface area (Å²) in [5.74, 6) is 0.570. The van der Waals surface area contributed by atoms with Gasteiger partial charge >= 0.3 is 5.97 Å². The van der Waals surface area contributed by atoms with Crippen molar-refractivity contribution in [1.29, 1.82) is 0 Å². The van der Waals surface area contributed by atoms with E-state index in [1.54, 1.807) is 6.92 Å². The Morgan fingerprint density at radius 1 is 1.57 bits per heavy atom. The molecular weight excluding hydrogens is 182 g/mol. The van der Waals surface area contributed by atoms with Gasteiger partial charge in [-0.05, 0) is 25.7 Å². The van der Waals surface area contributed by atoms with Gasteiger partial charge in [0.1, 0.15) is 6.04 Å². The minimum Gasteiger partial charge on any atom is -0.468 e. The predicted octanol–water partition coefficient (Wildman–Crippen LogP) is 0.564. The van der Waals surface area contributed by atoms with Crippen LogP contribution in [-0.4, -0.2) is 38.9 Å². The first kappa shape index (κ1) is 11.5. The molecule has 0 bridgehead atoms. The Morgan fingerprint density at radius 3 is 2.86 bits per heavy atom. The van der Waals surface area contributed by atoms with Crippen molar-refractivity contribution in [3.63, 3.8) is 0 Å². The number of nitrogens with one attached hydrogen (secondary N) is 1. The number of carbonyl (C=O) groups is 1. The highest BCUT2D eigenvalue weighted by molar-refractivity contribution is 5.74. The van der Waals surface area contributed by atoms with Gasteiger partial charge in [-0.15, -0.1) is 0 Å². The van der Waals surface area contributed by atoms with E-state index in [0.717, 1.165) is 12.5 Å². The van der Waals surface area contributed by atoms with Crippen molar-refractivity contribution in [2.45, 2.75) is 25.8 Å². The molecule has 4 nitrogen and oxygen atoms in total. The van der Waals surface area contributed by atoms with Crippen molar-refractivity contribution in [2.75, 3.05) is 26.9 Å². The Labute approximate surface area is 85.0 Å². The summed E-state index contributed by atoms with van der Waals surface area (Å²) in [4.78, 5) is 11.0. The first-order valence-corrected chi connectivity index (χ1v) is 5.13. The molecule has 1 rings (SSSR count). The van der Waals surface area contributed by atoms with Gasteiger partial charge in [-0.3, -0.25) is 4.79 Å². The van der Waals surface area contributed by atoms with Gasteiger partial charge < -0.3 is 14.8 Å². The summed E-state index contributed by atoms with van der Waals surface area (Å²) in [5.41, 5.74) is 0. The second kappa shape index (κ2) is 5.98. The summed E-state index contributed by atoms with van der Waals surface area (Å²) in [6.07, 6.45) is 2.62. The average molecular weight is 201 g/mol. The lowest BCUT2D eigenvalue weighted by Gasteiger charge is -2.11. The number of ether oxygens (including phenoxy) is 2. The number of hydrogen-bond donors (Lipinski definition) is 1. The molecule has 1 saturated carbocycles. The first-order chi connectivity index (χ1) is 6.74. The standard InChI is InChI=1S/C10H19NO3/c1-8(10(12)13-2)11-5-6-14-7-9-3-4-9/h8-9,11H,3-7H2,1-2H3. The van der Waals surface area contributed by atoms with Crippen molar-refractivity contribution in [1.82, 2.24) is 5.32 Å². The minimum absolute atomic E-state index is 0.229. The van der Waals surface area contributed by atoms with E-state index < -0.39 is 0 Å². The Balaban J connectivity index is 1.88. The SMILES string of the molecule is COC(=O)C(C)NCCOCC1CC1. The molecule has 0 amide bonds. The molecule has 0 spiro atoms. The summed E-state index contributed by atoms with van der Waals surface area (Å²) in [7, 11) is 1.39. The second-order valence-electron chi connectivity index (χ2n) is 3.72. The maximum absolute atomic E-state index is 11.0. The van der Waals surface area contributed by atoms with Crippen LogP contribution in [0.1, 0.15) is 19.8 Å². The molecule has 1 atom stereocenters. The molecule has 0 heterocycles. The van der Waals surface area contributed by atoms with Crippen molar-refractivity contribution in [2.24, 2.45) is 5.92 Å². The van der Waals surface area contributed by atoms with Crippen LogP contribution >= 0.6 is 0 Å². The Hall–Kier alpha value is -0.610. The molecule has 4 heteroatoms. The van der Waals surface area contributed by atoms with Gasteiger partial charge in [-0.25, -0.2) is 0 Å². The van der Waals surface area contributed by atoms with Crippen LogP contribution in [0.3, 0.4) is 0 Å². The molecule has 0 aromatic heterocycles. The highest BCUT2D eigenvalue weighted by Crippen LogP contribution is 2.28. The minimum atomic E-state index is -0.246. The summed E-state index contributed by atoms with van der Waals surface area (Å²) in [6, 6.07) is -0.246. The average Bonchev–Trinajstić information content (AvgIpc) is 2.99. The zero-order valence-electron chi connectivity index (χ0n) is 8.91. The van der Waals surface area contributed by atoms with Gasteiger partial charge in [0.2, 0.25) is 0 Å². The van der Waals surface area contributed by atoms with Crippen LogP contribution in [-0.2, 0) is 14.3 Å². The van der Waals surface area contributed by atoms with Gasteiger partial charge in [-0.2, -0.15) is 0 Å². The molecule has 14 heavy (non-hydrogen) atoms. The van der Waals surface area contributed by atoms with Crippen LogP contribution in [0.5, 0.6) is 0 Å². The maximum atomic E-state index is 11.0. The normalized spacial score (nSPS) is 17.9. The fourth-order valence-electron chi connectivity index (χ4n) is 1.14. The lowest BCUT2D eigenvalue weighted by molar-refractivity contribution is -0.142. The van der Waals surface area contributed by atoms with E-state index in [1.165, 1.54) is 20.0 Å². The number of esters is 1. The van der Waals surface area contributed by atoms with Crippen LogP contribution in [0.25, 0.3) is 0 Å². The second-order valence-corrected chi connectivity index (χ2v) is 3.72. The monoisotopic (exact) mass is 201 g/mol. The summed E-state index contributed by atoms with van der Waals surface area (Å²) in [6.45, 7) is 4.02. The molecule has 0 aromatic rings. The molecule has 82 valence electrons. The van der Waals surface area contributed by atoms with Gasteiger partial charge in [0, 0.05) is 13.2 Å². The van der Waals surface area contributed by atoms with Crippen molar-refractivity contribution >= 4 is 5.97 Å². The predicted molar refractivity (Wildman–Crippen MR) is 53.0 cm³/mol. The van der Waals surface area contributed by atoms with E-state index in [1.807, 2.05) is 0 Å². The van der Waals surface area contributed by atoms with E-state index in [9.17, 15) is 4.79 Å². The smallest absolute Gasteiger partial charge is 0.322 e.